The van der Waals surface area contributed by atoms with E-state index in [-0.39, 0.29) is 17.6 Å². The number of nitrogens with zero attached hydrogens (tertiary/aromatic N) is 2. The molecule has 110 valence electrons. The SMILES string of the molecule is N#C/C(=N/Nc1ccc(F)cc1)C(=O)NC[C@@H]1CCCO1. The van der Waals surface area contributed by atoms with Crippen molar-refractivity contribution in [1.82, 2.24) is 5.32 Å². The van der Waals surface area contributed by atoms with Gasteiger partial charge in [-0.25, -0.2) is 4.39 Å². The maximum absolute atomic E-state index is 12.7. The van der Waals surface area contributed by atoms with Crippen LogP contribution in [0.3, 0.4) is 0 Å². The van der Waals surface area contributed by atoms with E-state index in [0.29, 0.717) is 18.8 Å². The number of hydrogen-bond donors (Lipinski definition) is 2. The lowest BCUT2D eigenvalue weighted by molar-refractivity contribution is -0.115. The van der Waals surface area contributed by atoms with Crippen molar-refractivity contribution in [2.45, 2.75) is 18.9 Å². The van der Waals surface area contributed by atoms with Gasteiger partial charge in [-0.3, -0.25) is 10.2 Å². The molecule has 7 heteroatoms. The van der Waals surface area contributed by atoms with E-state index in [2.05, 4.69) is 15.8 Å². The quantitative estimate of drug-likeness (QED) is 0.634. The van der Waals surface area contributed by atoms with Gasteiger partial charge >= 0.3 is 0 Å². The first-order valence-electron chi connectivity index (χ1n) is 6.58. The van der Waals surface area contributed by atoms with E-state index in [1.54, 1.807) is 6.07 Å². The summed E-state index contributed by atoms with van der Waals surface area (Å²) < 4.78 is 18.1. The fourth-order valence-corrected chi connectivity index (χ4v) is 1.87. The minimum Gasteiger partial charge on any atom is -0.376 e. The molecular weight excluding hydrogens is 275 g/mol. The maximum Gasteiger partial charge on any atom is 0.282 e. The van der Waals surface area contributed by atoms with Crippen molar-refractivity contribution < 1.29 is 13.9 Å². The zero-order valence-corrected chi connectivity index (χ0v) is 11.3. The number of rotatable bonds is 5. The summed E-state index contributed by atoms with van der Waals surface area (Å²) in [6.07, 6.45) is 1.87. The predicted molar refractivity (Wildman–Crippen MR) is 75.1 cm³/mol. The topological polar surface area (TPSA) is 86.5 Å². The first kappa shape index (κ1) is 14.9. The lowest BCUT2D eigenvalue weighted by atomic mass is 10.2. The molecular formula is C14H15FN4O2. The Hall–Kier alpha value is -2.46. The van der Waals surface area contributed by atoms with E-state index in [1.807, 2.05) is 0 Å². The molecule has 0 aromatic heterocycles. The van der Waals surface area contributed by atoms with Crippen molar-refractivity contribution in [1.29, 1.82) is 5.26 Å². The molecule has 21 heavy (non-hydrogen) atoms. The normalized spacial score (nSPS) is 18.1. The number of carbonyl (C=O) groups excluding carboxylic acids is 1. The summed E-state index contributed by atoms with van der Waals surface area (Å²) in [5.41, 5.74) is 2.73. The molecule has 1 atom stereocenters. The van der Waals surface area contributed by atoms with Crippen LogP contribution in [0.5, 0.6) is 0 Å². The van der Waals surface area contributed by atoms with Crippen molar-refractivity contribution in [3.63, 3.8) is 0 Å². The molecule has 1 aromatic rings. The Bertz CT molecular complexity index is 559. The van der Waals surface area contributed by atoms with E-state index < -0.39 is 5.91 Å². The average molecular weight is 290 g/mol. The minimum absolute atomic E-state index is 0.000972. The van der Waals surface area contributed by atoms with Gasteiger partial charge < -0.3 is 10.1 Å². The van der Waals surface area contributed by atoms with Crippen LogP contribution in [-0.4, -0.2) is 30.9 Å². The summed E-state index contributed by atoms with van der Waals surface area (Å²) in [5, 5.41) is 15.3. The lowest BCUT2D eigenvalue weighted by Gasteiger charge is -2.09. The summed E-state index contributed by atoms with van der Waals surface area (Å²) in [6, 6.07) is 7.14. The highest BCUT2D eigenvalue weighted by atomic mass is 19.1. The van der Waals surface area contributed by atoms with Crippen LogP contribution in [0, 0.1) is 17.1 Å². The van der Waals surface area contributed by atoms with Crippen LogP contribution in [0.4, 0.5) is 10.1 Å². The van der Waals surface area contributed by atoms with E-state index in [0.717, 1.165) is 12.8 Å². The molecule has 1 aliphatic rings. The standard InChI is InChI=1S/C14H15FN4O2/c15-10-3-5-11(6-4-10)18-19-13(8-16)14(20)17-9-12-2-1-7-21-12/h3-6,12,18H,1-2,7,9H2,(H,17,20)/b19-13-/t12-/m0/s1. The largest absolute Gasteiger partial charge is 0.376 e. The molecule has 2 rings (SSSR count). The Morgan fingerprint density at radius 1 is 1.48 bits per heavy atom. The Balaban J connectivity index is 1.88. The highest BCUT2D eigenvalue weighted by molar-refractivity contribution is 6.45. The smallest absolute Gasteiger partial charge is 0.282 e. The van der Waals surface area contributed by atoms with Gasteiger partial charge in [0.2, 0.25) is 5.71 Å². The van der Waals surface area contributed by atoms with Gasteiger partial charge in [-0.15, -0.1) is 0 Å². The van der Waals surface area contributed by atoms with E-state index in [1.165, 1.54) is 24.3 Å². The third kappa shape index (κ3) is 4.54. The monoisotopic (exact) mass is 290 g/mol. The minimum atomic E-state index is -0.567. The molecule has 0 saturated carbocycles. The molecule has 1 amide bonds. The third-order valence-corrected chi connectivity index (χ3v) is 2.98. The number of amides is 1. The van der Waals surface area contributed by atoms with Crippen molar-refractivity contribution >= 4 is 17.3 Å². The molecule has 0 aliphatic carbocycles. The van der Waals surface area contributed by atoms with Crippen molar-refractivity contribution in [3.8, 4) is 6.07 Å². The molecule has 0 unspecified atom stereocenters. The van der Waals surface area contributed by atoms with Crippen LogP contribution in [-0.2, 0) is 9.53 Å². The molecule has 1 saturated heterocycles. The summed E-state index contributed by atoms with van der Waals surface area (Å²) in [7, 11) is 0. The Morgan fingerprint density at radius 3 is 2.86 bits per heavy atom. The van der Waals surface area contributed by atoms with Crippen molar-refractivity contribution in [3.05, 3.63) is 30.1 Å². The van der Waals surface area contributed by atoms with Crippen LogP contribution in [0.25, 0.3) is 0 Å². The van der Waals surface area contributed by atoms with Gasteiger partial charge in [0.25, 0.3) is 5.91 Å². The van der Waals surface area contributed by atoms with Gasteiger partial charge in [0.15, 0.2) is 0 Å². The second-order valence-electron chi connectivity index (χ2n) is 4.54. The molecule has 0 spiro atoms. The summed E-state index contributed by atoms with van der Waals surface area (Å²) >= 11 is 0. The van der Waals surface area contributed by atoms with Crippen molar-refractivity contribution in [2.75, 3.05) is 18.6 Å². The zero-order chi connectivity index (χ0) is 15.1. The van der Waals surface area contributed by atoms with Gasteiger partial charge in [0.1, 0.15) is 11.9 Å². The number of halogens is 1. The number of nitrogens with one attached hydrogen (secondary N) is 2. The summed E-state index contributed by atoms with van der Waals surface area (Å²) in [6.45, 7) is 1.06. The van der Waals surface area contributed by atoms with Gasteiger partial charge in [0.05, 0.1) is 11.8 Å². The van der Waals surface area contributed by atoms with Crippen LogP contribution in [0.1, 0.15) is 12.8 Å². The van der Waals surface area contributed by atoms with Gasteiger partial charge in [-0.05, 0) is 37.1 Å². The first-order chi connectivity index (χ1) is 10.2. The molecule has 2 N–H and O–H groups in total. The van der Waals surface area contributed by atoms with Gasteiger partial charge in [-0.1, -0.05) is 0 Å². The number of anilines is 1. The number of benzene rings is 1. The Labute approximate surface area is 121 Å². The molecule has 1 aromatic carbocycles. The molecule has 1 heterocycles. The molecule has 0 bridgehead atoms. The van der Waals surface area contributed by atoms with Crippen LogP contribution >= 0.6 is 0 Å². The van der Waals surface area contributed by atoms with E-state index in [9.17, 15) is 9.18 Å². The Kier molecular flexibility index (Phi) is 5.23. The predicted octanol–water partition coefficient (Wildman–Crippen LogP) is 1.41. The molecule has 1 fully saturated rings. The van der Waals surface area contributed by atoms with E-state index in [4.69, 9.17) is 10.00 Å². The number of nitriles is 1. The number of hydrazone groups is 1. The fraction of sp³-hybridized carbons (Fsp3) is 0.357. The Morgan fingerprint density at radius 2 is 2.24 bits per heavy atom. The van der Waals surface area contributed by atoms with Crippen LogP contribution in [0.15, 0.2) is 29.4 Å². The van der Waals surface area contributed by atoms with Crippen LogP contribution < -0.4 is 10.7 Å². The molecule has 6 nitrogen and oxygen atoms in total. The van der Waals surface area contributed by atoms with E-state index >= 15 is 0 Å². The van der Waals surface area contributed by atoms with Crippen molar-refractivity contribution in [2.24, 2.45) is 5.10 Å². The highest BCUT2D eigenvalue weighted by Crippen LogP contribution is 2.10. The second kappa shape index (κ2) is 7.36. The summed E-state index contributed by atoms with van der Waals surface area (Å²) in [4.78, 5) is 11.8. The number of ether oxygens (including phenoxy) is 1. The van der Waals surface area contributed by atoms with Gasteiger partial charge in [0, 0.05) is 13.2 Å². The number of hydrogen-bond acceptors (Lipinski definition) is 5. The fourth-order valence-electron chi connectivity index (χ4n) is 1.87. The molecule has 0 radical (unpaired) electrons. The first-order valence-corrected chi connectivity index (χ1v) is 6.58. The highest BCUT2D eigenvalue weighted by Gasteiger charge is 2.18. The lowest BCUT2D eigenvalue weighted by Crippen LogP contribution is -2.36. The zero-order valence-electron chi connectivity index (χ0n) is 11.3. The average Bonchev–Trinajstić information content (AvgIpc) is 3.01. The maximum atomic E-state index is 12.7. The molecule has 1 aliphatic heterocycles. The number of carbonyl (C=O) groups is 1. The summed E-state index contributed by atoms with van der Waals surface area (Å²) in [5.74, 6) is -0.943. The second-order valence-corrected chi connectivity index (χ2v) is 4.54. The van der Waals surface area contributed by atoms with Gasteiger partial charge in [-0.2, -0.15) is 10.4 Å². The van der Waals surface area contributed by atoms with Crippen LogP contribution in [0.2, 0.25) is 0 Å². The third-order valence-electron chi connectivity index (χ3n) is 2.98.